The van der Waals surface area contributed by atoms with E-state index in [1.54, 1.807) is 19.9 Å². The number of nitro groups is 1. The van der Waals surface area contributed by atoms with Crippen molar-refractivity contribution in [3.8, 4) is 0 Å². The second kappa shape index (κ2) is 7.69. The zero-order valence-corrected chi connectivity index (χ0v) is 14.0. The summed E-state index contributed by atoms with van der Waals surface area (Å²) in [7, 11) is 0. The Morgan fingerprint density at radius 2 is 2.00 bits per heavy atom. The van der Waals surface area contributed by atoms with Gasteiger partial charge in [0.2, 0.25) is 0 Å². The molecule has 1 amide bonds. The monoisotopic (exact) mass is 348 g/mol. The highest BCUT2D eigenvalue weighted by molar-refractivity contribution is 7.07. The number of amides is 1. The first kappa shape index (κ1) is 17.6. The number of benzene rings is 1. The van der Waals surface area contributed by atoms with E-state index < -0.39 is 23.4 Å². The Labute approximate surface area is 142 Å². The van der Waals surface area contributed by atoms with Crippen molar-refractivity contribution in [1.82, 2.24) is 0 Å². The molecular formula is C16H16N2O5S. The van der Waals surface area contributed by atoms with Gasteiger partial charge in [-0.1, -0.05) is 0 Å². The van der Waals surface area contributed by atoms with E-state index in [0.29, 0.717) is 0 Å². The van der Waals surface area contributed by atoms with Crippen molar-refractivity contribution in [3.05, 3.63) is 55.8 Å². The lowest BCUT2D eigenvalue weighted by Crippen LogP contribution is -2.22. The Morgan fingerprint density at radius 1 is 1.29 bits per heavy atom. The quantitative estimate of drug-likeness (QED) is 0.491. The molecule has 2 aromatic rings. The van der Waals surface area contributed by atoms with Crippen LogP contribution in [0.25, 0.3) is 0 Å². The average Bonchev–Trinajstić information content (AvgIpc) is 3.01. The summed E-state index contributed by atoms with van der Waals surface area (Å²) in [5.41, 5.74) is 2.26. The summed E-state index contributed by atoms with van der Waals surface area (Å²) >= 11 is 1.46. The van der Waals surface area contributed by atoms with E-state index >= 15 is 0 Å². The lowest BCUT2D eigenvalue weighted by Gasteiger charge is -2.09. The molecule has 0 atom stereocenters. The first-order valence-electron chi connectivity index (χ1n) is 7.09. The summed E-state index contributed by atoms with van der Waals surface area (Å²) in [6, 6.07) is 4.72. The minimum Gasteiger partial charge on any atom is -0.455 e. The van der Waals surface area contributed by atoms with E-state index in [9.17, 15) is 19.7 Å². The van der Waals surface area contributed by atoms with Crippen molar-refractivity contribution in [2.45, 2.75) is 20.3 Å². The van der Waals surface area contributed by atoms with Crippen LogP contribution in [0.2, 0.25) is 0 Å². The Hall–Kier alpha value is -2.74. The SMILES string of the molecule is Cc1cc(NC(=O)COC(=O)Cc2ccsc2)c([N+](=O)[O-])cc1C. The number of nitrogens with zero attached hydrogens (tertiary/aromatic N) is 1. The molecule has 24 heavy (non-hydrogen) atoms. The second-order valence-electron chi connectivity index (χ2n) is 5.23. The molecule has 1 aromatic carbocycles. The van der Waals surface area contributed by atoms with Gasteiger partial charge in [-0.3, -0.25) is 19.7 Å². The minimum atomic E-state index is -0.625. The summed E-state index contributed by atoms with van der Waals surface area (Å²) in [6.45, 7) is 3.04. The zero-order chi connectivity index (χ0) is 17.7. The number of hydrogen-bond donors (Lipinski definition) is 1. The van der Waals surface area contributed by atoms with Gasteiger partial charge in [-0.05, 0) is 53.4 Å². The fraction of sp³-hybridized carbons (Fsp3) is 0.250. The summed E-state index contributed by atoms with van der Waals surface area (Å²) in [5.74, 6) is -1.15. The maximum atomic E-state index is 11.9. The summed E-state index contributed by atoms with van der Waals surface area (Å²) in [4.78, 5) is 34.0. The first-order valence-corrected chi connectivity index (χ1v) is 8.03. The Morgan fingerprint density at radius 3 is 2.62 bits per heavy atom. The number of nitro benzene ring substituents is 1. The van der Waals surface area contributed by atoms with Crippen LogP contribution in [0.1, 0.15) is 16.7 Å². The van der Waals surface area contributed by atoms with E-state index in [0.717, 1.165) is 16.7 Å². The van der Waals surface area contributed by atoms with Crippen molar-refractivity contribution in [1.29, 1.82) is 0 Å². The Kier molecular flexibility index (Phi) is 5.64. The second-order valence-corrected chi connectivity index (χ2v) is 6.01. The van der Waals surface area contributed by atoms with Crippen molar-refractivity contribution >= 4 is 34.6 Å². The van der Waals surface area contributed by atoms with E-state index in [-0.39, 0.29) is 17.8 Å². The van der Waals surface area contributed by atoms with Gasteiger partial charge in [0.1, 0.15) is 5.69 Å². The van der Waals surface area contributed by atoms with Gasteiger partial charge in [-0.15, -0.1) is 0 Å². The maximum Gasteiger partial charge on any atom is 0.310 e. The highest BCUT2D eigenvalue weighted by Gasteiger charge is 2.18. The van der Waals surface area contributed by atoms with Crippen LogP contribution in [-0.2, 0) is 20.7 Å². The molecule has 0 spiro atoms. The highest BCUT2D eigenvalue weighted by Crippen LogP contribution is 2.27. The highest BCUT2D eigenvalue weighted by atomic mass is 32.1. The molecule has 1 aromatic heterocycles. The number of anilines is 1. The molecule has 0 unspecified atom stereocenters. The number of ether oxygens (including phenoxy) is 1. The number of nitrogens with one attached hydrogen (secondary N) is 1. The standard InChI is InChI=1S/C16H16N2O5S/c1-10-5-13(14(18(21)22)6-11(10)2)17-15(19)8-23-16(20)7-12-3-4-24-9-12/h3-6,9H,7-8H2,1-2H3,(H,17,19). The van der Waals surface area contributed by atoms with Crippen LogP contribution in [0.3, 0.4) is 0 Å². The average molecular weight is 348 g/mol. The van der Waals surface area contributed by atoms with Crippen LogP contribution in [0.15, 0.2) is 29.0 Å². The number of esters is 1. The molecule has 0 bridgehead atoms. The molecule has 0 saturated heterocycles. The van der Waals surface area contributed by atoms with Crippen molar-refractivity contribution in [3.63, 3.8) is 0 Å². The lowest BCUT2D eigenvalue weighted by atomic mass is 10.1. The van der Waals surface area contributed by atoms with Crippen molar-refractivity contribution in [2.75, 3.05) is 11.9 Å². The van der Waals surface area contributed by atoms with Gasteiger partial charge >= 0.3 is 5.97 Å². The van der Waals surface area contributed by atoms with Crippen molar-refractivity contribution < 1.29 is 19.2 Å². The molecule has 0 radical (unpaired) electrons. The molecule has 0 saturated carbocycles. The summed E-state index contributed by atoms with van der Waals surface area (Å²) in [6.07, 6.45) is 0.0839. The predicted octanol–water partition coefficient (Wildman–Crippen LogP) is 3.00. The Balaban J connectivity index is 1.96. The van der Waals surface area contributed by atoms with Crippen LogP contribution >= 0.6 is 11.3 Å². The third-order valence-corrected chi connectivity index (χ3v) is 4.11. The molecule has 0 aliphatic heterocycles. The van der Waals surface area contributed by atoms with Gasteiger partial charge in [-0.2, -0.15) is 11.3 Å². The fourth-order valence-corrected chi connectivity index (χ4v) is 2.66. The molecule has 0 aliphatic rings. The summed E-state index contributed by atoms with van der Waals surface area (Å²) in [5, 5.41) is 17.2. The lowest BCUT2D eigenvalue weighted by molar-refractivity contribution is -0.384. The fourth-order valence-electron chi connectivity index (χ4n) is 2.00. The van der Waals surface area contributed by atoms with Gasteiger partial charge in [0, 0.05) is 6.07 Å². The van der Waals surface area contributed by atoms with Crippen LogP contribution in [0.5, 0.6) is 0 Å². The van der Waals surface area contributed by atoms with Crippen LogP contribution < -0.4 is 5.32 Å². The van der Waals surface area contributed by atoms with E-state index in [4.69, 9.17) is 4.74 Å². The molecule has 1 N–H and O–H groups in total. The maximum absolute atomic E-state index is 11.9. The molecule has 8 heteroatoms. The van der Waals surface area contributed by atoms with Crippen LogP contribution in [0.4, 0.5) is 11.4 Å². The first-order chi connectivity index (χ1) is 11.4. The third-order valence-electron chi connectivity index (χ3n) is 3.38. The smallest absolute Gasteiger partial charge is 0.310 e. The number of hydrogen-bond acceptors (Lipinski definition) is 6. The summed E-state index contributed by atoms with van der Waals surface area (Å²) < 4.78 is 4.89. The third kappa shape index (κ3) is 4.63. The normalized spacial score (nSPS) is 10.2. The predicted molar refractivity (Wildman–Crippen MR) is 90.2 cm³/mol. The largest absolute Gasteiger partial charge is 0.455 e. The van der Waals surface area contributed by atoms with E-state index in [1.807, 2.05) is 10.8 Å². The van der Waals surface area contributed by atoms with E-state index in [2.05, 4.69) is 5.32 Å². The van der Waals surface area contributed by atoms with Crippen LogP contribution in [-0.4, -0.2) is 23.4 Å². The van der Waals surface area contributed by atoms with E-state index in [1.165, 1.54) is 23.5 Å². The van der Waals surface area contributed by atoms with Gasteiger partial charge in [0.05, 0.1) is 11.3 Å². The number of thiophene rings is 1. The number of aryl methyl sites for hydroxylation is 2. The van der Waals surface area contributed by atoms with Crippen LogP contribution in [0, 0.1) is 24.0 Å². The molecular weight excluding hydrogens is 332 g/mol. The van der Waals surface area contributed by atoms with Gasteiger partial charge in [0.25, 0.3) is 11.6 Å². The molecule has 1 heterocycles. The molecule has 126 valence electrons. The number of carbonyl (C=O) groups excluding carboxylic acids is 2. The zero-order valence-electron chi connectivity index (χ0n) is 13.2. The number of rotatable bonds is 6. The van der Waals surface area contributed by atoms with Gasteiger partial charge < -0.3 is 10.1 Å². The van der Waals surface area contributed by atoms with Gasteiger partial charge in [-0.25, -0.2) is 0 Å². The minimum absolute atomic E-state index is 0.0839. The number of carbonyl (C=O) groups is 2. The molecule has 0 fully saturated rings. The molecule has 0 aliphatic carbocycles. The van der Waals surface area contributed by atoms with Gasteiger partial charge in [0.15, 0.2) is 6.61 Å². The molecule has 2 rings (SSSR count). The Bertz CT molecular complexity index is 771. The topological polar surface area (TPSA) is 98.5 Å². The van der Waals surface area contributed by atoms with Crippen molar-refractivity contribution in [2.24, 2.45) is 0 Å². The molecule has 7 nitrogen and oxygen atoms in total.